The predicted molar refractivity (Wildman–Crippen MR) is 82.1 cm³/mol. The van der Waals surface area contributed by atoms with Crippen molar-refractivity contribution in [2.45, 2.75) is 30.5 Å². The first-order valence-corrected chi connectivity index (χ1v) is 8.32. The number of benzene rings is 1. The van der Waals surface area contributed by atoms with Crippen molar-refractivity contribution >= 4 is 27.0 Å². The van der Waals surface area contributed by atoms with Crippen molar-refractivity contribution in [2.24, 2.45) is 24.8 Å². The number of rotatable bonds is 2. The molecule has 3 atom stereocenters. The van der Waals surface area contributed by atoms with Crippen LogP contribution >= 0.6 is 15.9 Å². The third-order valence-electron chi connectivity index (χ3n) is 5.20. The van der Waals surface area contributed by atoms with Crippen LogP contribution in [0, 0.1) is 17.8 Å². The molecule has 2 fully saturated rings. The lowest BCUT2D eigenvalue weighted by atomic mass is 10.0. The van der Waals surface area contributed by atoms with E-state index in [4.69, 9.17) is 4.42 Å². The highest BCUT2D eigenvalue weighted by Crippen LogP contribution is 2.62. The number of alkyl halides is 1. The second kappa shape index (κ2) is 4.48. The molecule has 4 heteroatoms. The summed E-state index contributed by atoms with van der Waals surface area (Å²) in [6, 6.07) is 6.15. The minimum Gasteiger partial charge on any atom is -0.408 e. The van der Waals surface area contributed by atoms with Gasteiger partial charge in [0.05, 0.1) is 5.52 Å². The van der Waals surface area contributed by atoms with Crippen LogP contribution in [0.3, 0.4) is 0 Å². The molecule has 2 saturated carbocycles. The van der Waals surface area contributed by atoms with Crippen LogP contribution in [0.15, 0.2) is 27.4 Å². The zero-order valence-electron chi connectivity index (χ0n) is 11.5. The van der Waals surface area contributed by atoms with Gasteiger partial charge in [0.15, 0.2) is 5.58 Å². The van der Waals surface area contributed by atoms with Crippen molar-refractivity contribution in [1.29, 1.82) is 0 Å². The number of hydrogen-bond donors (Lipinski definition) is 0. The van der Waals surface area contributed by atoms with E-state index in [-0.39, 0.29) is 5.76 Å². The second-order valence-corrected chi connectivity index (χ2v) is 7.23. The van der Waals surface area contributed by atoms with Gasteiger partial charge in [0.1, 0.15) is 0 Å². The van der Waals surface area contributed by atoms with Crippen LogP contribution in [0.25, 0.3) is 11.1 Å². The summed E-state index contributed by atoms with van der Waals surface area (Å²) in [7, 11) is 1.74. The Kier molecular flexibility index (Phi) is 2.85. The first-order chi connectivity index (χ1) is 9.66. The van der Waals surface area contributed by atoms with Gasteiger partial charge in [0.25, 0.3) is 0 Å². The smallest absolute Gasteiger partial charge is 0.408 e. The third-order valence-corrected chi connectivity index (χ3v) is 6.33. The van der Waals surface area contributed by atoms with Crippen molar-refractivity contribution in [3.05, 3.63) is 34.3 Å². The van der Waals surface area contributed by atoms with E-state index in [1.165, 1.54) is 31.2 Å². The molecule has 4 rings (SSSR count). The maximum atomic E-state index is 11.6. The summed E-state index contributed by atoms with van der Waals surface area (Å²) in [6.45, 7) is 0. The van der Waals surface area contributed by atoms with E-state index >= 15 is 0 Å². The number of hydrogen-bond acceptors (Lipinski definition) is 2. The van der Waals surface area contributed by atoms with Gasteiger partial charge >= 0.3 is 5.76 Å². The number of halogens is 1. The summed E-state index contributed by atoms with van der Waals surface area (Å²) in [4.78, 5) is 11.9. The number of nitrogens with zero attached hydrogens (tertiary/aromatic N) is 1. The predicted octanol–water partition coefficient (Wildman–Crippen LogP) is 4.00. The summed E-state index contributed by atoms with van der Waals surface area (Å²) in [5, 5.41) is 0. The molecule has 3 unspecified atom stereocenters. The largest absolute Gasteiger partial charge is 0.419 e. The van der Waals surface area contributed by atoms with Crippen molar-refractivity contribution < 1.29 is 4.42 Å². The van der Waals surface area contributed by atoms with Crippen molar-refractivity contribution in [3.8, 4) is 0 Å². The molecule has 0 spiro atoms. The van der Waals surface area contributed by atoms with Gasteiger partial charge in [-0.05, 0) is 48.3 Å². The van der Waals surface area contributed by atoms with Crippen LogP contribution in [0.2, 0.25) is 0 Å². The molecule has 0 bridgehead atoms. The van der Waals surface area contributed by atoms with Crippen molar-refractivity contribution in [1.82, 2.24) is 4.57 Å². The van der Waals surface area contributed by atoms with E-state index in [0.29, 0.717) is 10.4 Å². The lowest BCUT2D eigenvalue weighted by molar-refractivity contribution is 0.480. The Hall–Kier alpha value is -1.03. The fourth-order valence-corrected chi connectivity index (χ4v) is 5.09. The number of aromatic nitrogens is 1. The Morgan fingerprint density at radius 3 is 2.70 bits per heavy atom. The molecule has 1 aromatic heterocycles. The van der Waals surface area contributed by atoms with Gasteiger partial charge in [0, 0.05) is 11.9 Å². The lowest BCUT2D eigenvalue weighted by Crippen LogP contribution is -2.08. The van der Waals surface area contributed by atoms with E-state index in [9.17, 15) is 4.79 Å². The molecule has 2 aliphatic carbocycles. The van der Waals surface area contributed by atoms with E-state index in [1.54, 1.807) is 11.6 Å². The third kappa shape index (κ3) is 1.80. The summed E-state index contributed by atoms with van der Waals surface area (Å²) < 4.78 is 6.85. The van der Waals surface area contributed by atoms with Gasteiger partial charge < -0.3 is 4.42 Å². The molecule has 1 heterocycles. The first-order valence-electron chi connectivity index (χ1n) is 7.40. The van der Waals surface area contributed by atoms with Crippen LogP contribution in [-0.2, 0) is 7.05 Å². The van der Waals surface area contributed by atoms with Gasteiger partial charge in [-0.3, -0.25) is 4.57 Å². The fourth-order valence-electron chi connectivity index (χ4n) is 4.03. The summed E-state index contributed by atoms with van der Waals surface area (Å²) in [5.41, 5.74) is 2.81. The van der Waals surface area contributed by atoms with E-state index in [0.717, 1.165) is 23.3 Å². The van der Waals surface area contributed by atoms with Gasteiger partial charge in [-0.2, -0.15) is 0 Å². The minimum atomic E-state index is -0.289. The molecule has 3 nitrogen and oxygen atoms in total. The van der Waals surface area contributed by atoms with Gasteiger partial charge in [-0.25, -0.2) is 4.79 Å². The van der Waals surface area contributed by atoms with E-state index in [1.807, 2.05) is 12.1 Å². The summed E-state index contributed by atoms with van der Waals surface area (Å²) in [6.07, 6.45) is 5.56. The number of aryl methyl sites for hydroxylation is 1. The Bertz CT molecular complexity index is 705. The van der Waals surface area contributed by atoms with Crippen molar-refractivity contribution in [3.63, 3.8) is 0 Å². The topological polar surface area (TPSA) is 35.1 Å². The van der Waals surface area contributed by atoms with Crippen LogP contribution in [0.5, 0.6) is 0 Å². The first kappa shape index (κ1) is 12.7. The number of fused-ring (bicyclic) bond motifs is 2. The zero-order chi connectivity index (χ0) is 13.9. The molecule has 0 aliphatic heterocycles. The van der Waals surface area contributed by atoms with Crippen molar-refractivity contribution in [2.75, 3.05) is 0 Å². The van der Waals surface area contributed by atoms with Crippen LogP contribution in [0.4, 0.5) is 0 Å². The highest BCUT2D eigenvalue weighted by Gasteiger charge is 2.53. The molecule has 0 N–H and O–H groups in total. The SMILES string of the molecule is Cn1c(=O)oc2cc(C(Br)C3C4CCCCC43)ccc21. The molecule has 0 amide bonds. The highest BCUT2D eigenvalue weighted by atomic mass is 79.9. The molecule has 2 aliphatic rings. The van der Waals surface area contributed by atoms with E-state index < -0.39 is 0 Å². The monoisotopic (exact) mass is 335 g/mol. The lowest BCUT2D eigenvalue weighted by Gasteiger charge is -2.09. The van der Waals surface area contributed by atoms with Gasteiger partial charge in [-0.15, -0.1) is 0 Å². The molecular weight excluding hydrogens is 318 g/mol. The molecule has 0 saturated heterocycles. The van der Waals surface area contributed by atoms with E-state index in [2.05, 4.69) is 22.0 Å². The summed E-state index contributed by atoms with van der Waals surface area (Å²) in [5.74, 6) is 2.30. The highest BCUT2D eigenvalue weighted by molar-refractivity contribution is 9.09. The maximum absolute atomic E-state index is 11.6. The average Bonchev–Trinajstić information content (AvgIpc) is 3.12. The van der Waals surface area contributed by atoms with Gasteiger partial charge in [-0.1, -0.05) is 34.8 Å². The van der Waals surface area contributed by atoms with Crippen LogP contribution in [-0.4, -0.2) is 4.57 Å². The molecule has 20 heavy (non-hydrogen) atoms. The molecule has 0 radical (unpaired) electrons. The Morgan fingerprint density at radius 1 is 1.30 bits per heavy atom. The fraction of sp³-hybridized carbons (Fsp3) is 0.562. The quantitative estimate of drug-likeness (QED) is 0.777. The Balaban J connectivity index is 1.66. The second-order valence-electron chi connectivity index (χ2n) is 6.25. The van der Waals surface area contributed by atoms with Crippen LogP contribution < -0.4 is 5.76 Å². The molecular formula is C16H18BrNO2. The normalized spacial score (nSPS) is 30.2. The Morgan fingerprint density at radius 2 is 2.00 bits per heavy atom. The molecule has 106 valence electrons. The Labute approximate surface area is 126 Å². The minimum absolute atomic E-state index is 0.289. The number of oxazole rings is 1. The van der Waals surface area contributed by atoms with Gasteiger partial charge in [0.2, 0.25) is 0 Å². The standard InChI is InChI=1S/C16H18BrNO2/c1-18-12-7-6-9(8-13(12)20-16(18)19)15(17)14-10-4-2-3-5-11(10)14/h6-8,10-11,14-15H,2-5H2,1H3. The molecule has 2 aromatic rings. The average molecular weight is 336 g/mol. The zero-order valence-corrected chi connectivity index (χ0v) is 13.1. The maximum Gasteiger partial charge on any atom is 0.419 e. The summed E-state index contributed by atoms with van der Waals surface area (Å²) >= 11 is 3.89. The van der Waals surface area contributed by atoms with Crippen LogP contribution in [0.1, 0.15) is 36.1 Å². The molecule has 1 aromatic carbocycles.